The molecule has 23 heavy (non-hydrogen) atoms. The fourth-order valence-electron chi connectivity index (χ4n) is 2.31. The molecule has 0 aromatic heterocycles. The summed E-state index contributed by atoms with van der Waals surface area (Å²) in [5.41, 5.74) is 0. The standard InChI is InChI=1S/C15H30O7S/c1-2-3-4-5-6-7-8-9-10-11-13(17)15(14(18)12-16)22-23(19,20)21/h14-16,18H,2-12H2,1H3,(H,19,20,21). The zero-order valence-electron chi connectivity index (χ0n) is 13.8. The van der Waals surface area contributed by atoms with Gasteiger partial charge in [0.2, 0.25) is 0 Å². The number of carbonyl (C=O) groups excluding carboxylic acids is 1. The van der Waals surface area contributed by atoms with Crippen LogP contribution in [0.2, 0.25) is 0 Å². The van der Waals surface area contributed by atoms with Gasteiger partial charge in [-0.3, -0.25) is 9.35 Å². The van der Waals surface area contributed by atoms with Crippen molar-refractivity contribution < 1.29 is 32.2 Å². The summed E-state index contributed by atoms with van der Waals surface area (Å²) in [5, 5.41) is 18.2. The van der Waals surface area contributed by atoms with Crippen LogP contribution in [0.3, 0.4) is 0 Å². The van der Waals surface area contributed by atoms with Gasteiger partial charge >= 0.3 is 10.4 Å². The summed E-state index contributed by atoms with van der Waals surface area (Å²) in [4.78, 5) is 11.9. The molecular formula is C15H30O7S. The summed E-state index contributed by atoms with van der Waals surface area (Å²) < 4.78 is 34.1. The fourth-order valence-corrected chi connectivity index (χ4v) is 2.81. The van der Waals surface area contributed by atoms with Crippen molar-refractivity contribution in [3.8, 4) is 0 Å². The predicted molar refractivity (Wildman–Crippen MR) is 86.4 cm³/mol. The zero-order valence-corrected chi connectivity index (χ0v) is 14.6. The average molecular weight is 354 g/mol. The number of carbonyl (C=O) groups is 1. The molecule has 0 bridgehead atoms. The van der Waals surface area contributed by atoms with Crippen molar-refractivity contribution in [2.75, 3.05) is 6.61 Å². The van der Waals surface area contributed by atoms with Gasteiger partial charge in [0.05, 0.1) is 6.61 Å². The van der Waals surface area contributed by atoms with Gasteiger partial charge in [-0.05, 0) is 6.42 Å². The van der Waals surface area contributed by atoms with Crippen molar-refractivity contribution in [2.45, 2.75) is 83.3 Å². The first-order valence-electron chi connectivity index (χ1n) is 8.29. The summed E-state index contributed by atoms with van der Waals surface area (Å²) in [6.45, 7) is 1.34. The molecule has 138 valence electrons. The predicted octanol–water partition coefficient (Wildman–Crippen LogP) is 2.02. The lowest BCUT2D eigenvalue weighted by Gasteiger charge is -2.18. The lowest BCUT2D eigenvalue weighted by molar-refractivity contribution is -0.132. The Balaban J connectivity index is 3.95. The molecule has 0 saturated heterocycles. The molecule has 8 heteroatoms. The molecule has 0 rings (SSSR count). The second kappa shape index (κ2) is 12.8. The lowest BCUT2D eigenvalue weighted by atomic mass is 10.0. The van der Waals surface area contributed by atoms with E-state index in [4.69, 9.17) is 9.66 Å². The molecule has 0 fully saturated rings. The molecule has 0 amide bonds. The molecule has 0 heterocycles. The highest BCUT2D eigenvalue weighted by Crippen LogP contribution is 2.13. The number of aliphatic hydroxyl groups excluding tert-OH is 2. The van der Waals surface area contributed by atoms with Crippen molar-refractivity contribution in [1.29, 1.82) is 0 Å². The summed E-state index contributed by atoms with van der Waals surface area (Å²) in [7, 11) is -4.87. The van der Waals surface area contributed by atoms with Crippen molar-refractivity contribution >= 4 is 16.2 Å². The molecule has 0 aliphatic carbocycles. The first-order valence-corrected chi connectivity index (χ1v) is 9.65. The topological polar surface area (TPSA) is 121 Å². The fraction of sp³-hybridized carbons (Fsp3) is 0.933. The summed E-state index contributed by atoms with van der Waals surface area (Å²) in [6, 6.07) is 0. The van der Waals surface area contributed by atoms with Crippen LogP contribution in [0.5, 0.6) is 0 Å². The van der Waals surface area contributed by atoms with Crippen molar-refractivity contribution in [2.24, 2.45) is 0 Å². The maximum atomic E-state index is 11.9. The third-order valence-electron chi connectivity index (χ3n) is 3.61. The molecule has 0 aromatic rings. The van der Waals surface area contributed by atoms with Crippen LogP contribution in [-0.2, 0) is 19.4 Å². The van der Waals surface area contributed by atoms with Gasteiger partial charge in [-0.25, -0.2) is 4.18 Å². The van der Waals surface area contributed by atoms with Gasteiger partial charge in [-0.2, -0.15) is 8.42 Å². The Hall–Kier alpha value is -0.540. The summed E-state index contributed by atoms with van der Waals surface area (Å²) in [6.07, 6.45) is 6.19. The normalized spacial score (nSPS) is 14.6. The molecule has 2 atom stereocenters. The maximum absolute atomic E-state index is 11.9. The second-order valence-electron chi connectivity index (χ2n) is 5.74. The Bertz CT molecular complexity index is 408. The van der Waals surface area contributed by atoms with Gasteiger partial charge < -0.3 is 10.2 Å². The summed E-state index contributed by atoms with van der Waals surface area (Å²) in [5.74, 6) is -0.646. The molecule has 3 N–H and O–H groups in total. The van der Waals surface area contributed by atoms with E-state index in [0.717, 1.165) is 19.3 Å². The Kier molecular flexibility index (Phi) is 12.5. The van der Waals surface area contributed by atoms with Crippen LogP contribution < -0.4 is 0 Å². The Morgan fingerprint density at radius 1 is 1.00 bits per heavy atom. The minimum Gasteiger partial charge on any atom is -0.394 e. The molecule has 0 aliphatic heterocycles. The number of unbranched alkanes of at least 4 members (excludes halogenated alkanes) is 8. The van der Waals surface area contributed by atoms with E-state index in [-0.39, 0.29) is 6.42 Å². The highest BCUT2D eigenvalue weighted by atomic mass is 32.3. The van der Waals surface area contributed by atoms with Crippen LogP contribution in [0.1, 0.15) is 71.1 Å². The Morgan fingerprint density at radius 2 is 1.48 bits per heavy atom. The van der Waals surface area contributed by atoms with Crippen LogP contribution in [-0.4, -0.2) is 47.8 Å². The lowest BCUT2D eigenvalue weighted by Crippen LogP contribution is -2.40. The van der Waals surface area contributed by atoms with Gasteiger partial charge in [0.1, 0.15) is 6.10 Å². The van der Waals surface area contributed by atoms with Crippen LogP contribution in [0, 0.1) is 0 Å². The van der Waals surface area contributed by atoms with Gasteiger partial charge in [-0.1, -0.05) is 58.3 Å². The van der Waals surface area contributed by atoms with E-state index in [1.165, 1.54) is 32.1 Å². The van der Waals surface area contributed by atoms with E-state index in [2.05, 4.69) is 11.1 Å². The van der Waals surface area contributed by atoms with Gasteiger partial charge in [0.25, 0.3) is 0 Å². The molecule has 0 aliphatic rings. The number of Topliss-reactive ketones (excluding diaryl/α,β-unsaturated/α-hetero) is 1. The molecule has 0 radical (unpaired) electrons. The van der Waals surface area contributed by atoms with Gasteiger partial charge in [0, 0.05) is 6.42 Å². The number of aliphatic hydroxyl groups is 2. The monoisotopic (exact) mass is 354 g/mol. The molecular weight excluding hydrogens is 324 g/mol. The highest BCUT2D eigenvalue weighted by molar-refractivity contribution is 7.80. The molecule has 7 nitrogen and oxygen atoms in total. The zero-order chi connectivity index (χ0) is 17.7. The van der Waals surface area contributed by atoms with Crippen molar-refractivity contribution in [1.82, 2.24) is 0 Å². The van der Waals surface area contributed by atoms with Crippen LogP contribution in [0.15, 0.2) is 0 Å². The average Bonchev–Trinajstić information content (AvgIpc) is 2.49. The van der Waals surface area contributed by atoms with Crippen molar-refractivity contribution in [3.63, 3.8) is 0 Å². The number of ketones is 1. The first kappa shape index (κ1) is 22.5. The smallest absolute Gasteiger partial charge is 0.394 e. The van der Waals surface area contributed by atoms with E-state index in [1.807, 2.05) is 0 Å². The third kappa shape index (κ3) is 12.5. The minimum atomic E-state index is -4.87. The SMILES string of the molecule is CCCCCCCCCCCC(=O)C(OS(=O)(=O)O)C(O)CO. The van der Waals surface area contributed by atoms with E-state index in [9.17, 15) is 18.3 Å². The minimum absolute atomic E-state index is 0.0348. The van der Waals surface area contributed by atoms with Gasteiger partial charge in [0.15, 0.2) is 11.9 Å². The Labute approximate surface area is 139 Å². The molecule has 0 spiro atoms. The van der Waals surface area contributed by atoms with E-state index in [0.29, 0.717) is 6.42 Å². The summed E-state index contributed by atoms with van der Waals surface area (Å²) >= 11 is 0. The maximum Gasteiger partial charge on any atom is 0.398 e. The van der Waals surface area contributed by atoms with Crippen LogP contribution in [0.4, 0.5) is 0 Å². The quantitative estimate of drug-likeness (QED) is 0.304. The van der Waals surface area contributed by atoms with Crippen molar-refractivity contribution in [3.05, 3.63) is 0 Å². The Morgan fingerprint density at radius 3 is 1.91 bits per heavy atom. The van der Waals surface area contributed by atoms with E-state index >= 15 is 0 Å². The number of hydrogen-bond donors (Lipinski definition) is 3. The number of hydrogen-bond acceptors (Lipinski definition) is 6. The van der Waals surface area contributed by atoms with E-state index < -0.39 is 35.0 Å². The first-order chi connectivity index (χ1) is 10.8. The van der Waals surface area contributed by atoms with Gasteiger partial charge in [-0.15, -0.1) is 0 Å². The van der Waals surface area contributed by atoms with E-state index in [1.54, 1.807) is 0 Å². The van der Waals surface area contributed by atoms with Crippen LogP contribution in [0.25, 0.3) is 0 Å². The number of rotatable bonds is 15. The molecule has 2 unspecified atom stereocenters. The van der Waals surface area contributed by atoms with Crippen LogP contribution >= 0.6 is 0 Å². The third-order valence-corrected chi connectivity index (χ3v) is 4.06. The molecule has 0 aromatic carbocycles. The molecule has 0 saturated carbocycles. The second-order valence-corrected chi connectivity index (χ2v) is 6.79. The highest BCUT2D eigenvalue weighted by Gasteiger charge is 2.31. The largest absolute Gasteiger partial charge is 0.398 e.